The molecule has 0 aromatic heterocycles. The summed E-state index contributed by atoms with van der Waals surface area (Å²) in [6, 6.07) is 0. The van der Waals surface area contributed by atoms with E-state index in [4.69, 9.17) is 11.5 Å². The molecule has 0 heterocycles. The van der Waals surface area contributed by atoms with Gasteiger partial charge >= 0.3 is 0 Å². The van der Waals surface area contributed by atoms with Crippen LogP contribution in [0.5, 0.6) is 0 Å². The van der Waals surface area contributed by atoms with Crippen LogP contribution in [0.2, 0.25) is 0 Å². The van der Waals surface area contributed by atoms with E-state index in [0.717, 1.165) is 31.4 Å². The van der Waals surface area contributed by atoms with Crippen LogP contribution in [0.25, 0.3) is 0 Å². The number of rotatable bonds is 5. The van der Waals surface area contributed by atoms with Crippen LogP contribution in [-0.4, -0.2) is 5.54 Å². The minimum atomic E-state index is -0.172. The molecule has 0 spiro atoms. The predicted octanol–water partition coefficient (Wildman–Crippen LogP) is 2.54. The van der Waals surface area contributed by atoms with Crippen molar-refractivity contribution < 1.29 is 0 Å². The zero-order chi connectivity index (χ0) is 10.5. The van der Waals surface area contributed by atoms with Gasteiger partial charge in [-0.05, 0) is 31.3 Å². The largest absolute Gasteiger partial charge is 0.402 e. The van der Waals surface area contributed by atoms with Crippen molar-refractivity contribution >= 4 is 0 Å². The zero-order valence-electron chi connectivity index (χ0n) is 9.48. The Balaban J connectivity index is 4.94. The zero-order valence-corrected chi connectivity index (χ0v) is 9.48. The van der Waals surface area contributed by atoms with Gasteiger partial charge in [0.2, 0.25) is 0 Å². The maximum atomic E-state index is 6.29. The predicted molar refractivity (Wildman–Crippen MR) is 59.3 cm³/mol. The number of allylic oxidation sites excluding steroid dienone is 1. The van der Waals surface area contributed by atoms with Gasteiger partial charge < -0.3 is 11.5 Å². The van der Waals surface area contributed by atoms with E-state index < -0.39 is 0 Å². The molecule has 0 aromatic rings. The second-order valence-corrected chi connectivity index (χ2v) is 3.57. The Morgan fingerprint density at radius 2 is 1.46 bits per heavy atom. The third-order valence-corrected chi connectivity index (χ3v) is 2.98. The molecule has 0 atom stereocenters. The van der Waals surface area contributed by atoms with Crippen LogP contribution >= 0.6 is 0 Å². The summed E-state index contributed by atoms with van der Waals surface area (Å²) in [6.07, 6.45) is 3.81. The van der Waals surface area contributed by atoms with Gasteiger partial charge in [0.05, 0.1) is 0 Å². The molecule has 0 radical (unpaired) electrons. The van der Waals surface area contributed by atoms with Crippen molar-refractivity contribution in [1.82, 2.24) is 0 Å². The Hall–Kier alpha value is -0.500. The van der Waals surface area contributed by atoms with Crippen LogP contribution in [0.3, 0.4) is 0 Å². The summed E-state index contributed by atoms with van der Waals surface area (Å²) < 4.78 is 0. The lowest BCUT2D eigenvalue weighted by molar-refractivity contribution is 0.447. The molecule has 0 aliphatic heterocycles. The Bertz CT molecular complexity index is 179. The van der Waals surface area contributed by atoms with Gasteiger partial charge in [0, 0.05) is 11.2 Å². The maximum absolute atomic E-state index is 6.29. The van der Waals surface area contributed by atoms with Crippen LogP contribution in [0.15, 0.2) is 11.3 Å². The highest BCUT2D eigenvalue weighted by atomic mass is 14.8. The molecule has 13 heavy (non-hydrogen) atoms. The van der Waals surface area contributed by atoms with Gasteiger partial charge in [-0.1, -0.05) is 27.7 Å². The molecule has 78 valence electrons. The molecule has 4 N–H and O–H groups in total. The fraction of sp³-hybridized carbons (Fsp3) is 0.818. The standard InChI is InChI=1S/C11H24N2/c1-5-9(10(12)6-2)11(13,7-3)8-4/h5-8,12-13H2,1-4H3. The normalized spacial score (nSPS) is 14.2. The van der Waals surface area contributed by atoms with E-state index in [9.17, 15) is 0 Å². The van der Waals surface area contributed by atoms with Gasteiger partial charge in [-0.2, -0.15) is 0 Å². The van der Waals surface area contributed by atoms with Gasteiger partial charge in [0.1, 0.15) is 0 Å². The molecule has 0 saturated carbocycles. The van der Waals surface area contributed by atoms with E-state index in [-0.39, 0.29) is 5.54 Å². The first-order chi connectivity index (χ1) is 6.05. The van der Waals surface area contributed by atoms with Crippen molar-refractivity contribution in [2.45, 2.75) is 58.9 Å². The Kier molecular flexibility index (Phi) is 5.07. The Morgan fingerprint density at radius 1 is 1.00 bits per heavy atom. The highest BCUT2D eigenvalue weighted by Gasteiger charge is 2.25. The molecule has 0 bridgehead atoms. The molecule has 2 nitrogen and oxygen atoms in total. The average molecular weight is 184 g/mol. The topological polar surface area (TPSA) is 52.0 Å². The van der Waals surface area contributed by atoms with E-state index in [2.05, 4.69) is 27.7 Å². The van der Waals surface area contributed by atoms with Gasteiger partial charge in [0.15, 0.2) is 0 Å². The highest BCUT2D eigenvalue weighted by Crippen LogP contribution is 2.26. The smallest absolute Gasteiger partial charge is 0.0383 e. The van der Waals surface area contributed by atoms with Crippen molar-refractivity contribution in [2.75, 3.05) is 0 Å². The highest BCUT2D eigenvalue weighted by molar-refractivity contribution is 5.23. The molecule has 0 aliphatic carbocycles. The Morgan fingerprint density at radius 3 is 1.69 bits per heavy atom. The molecule has 0 amide bonds. The van der Waals surface area contributed by atoms with Gasteiger partial charge in [0.25, 0.3) is 0 Å². The molecular formula is C11H24N2. The van der Waals surface area contributed by atoms with Crippen molar-refractivity contribution in [1.29, 1.82) is 0 Å². The molecular weight excluding hydrogens is 160 g/mol. The van der Waals surface area contributed by atoms with Crippen LogP contribution in [-0.2, 0) is 0 Å². The van der Waals surface area contributed by atoms with Crippen LogP contribution in [0.1, 0.15) is 53.4 Å². The van der Waals surface area contributed by atoms with E-state index in [0.29, 0.717) is 0 Å². The molecule has 0 aliphatic rings. The maximum Gasteiger partial charge on any atom is 0.0383 e. The van der Waals surface area contributed by atoms with Crippen LogP contribution < -0.4 is 11.5 Å². The minimum Gasteiger partial charge on any atom is -0.402 e. The first kappa shape index (κ1) is 12.5. The van der Waals surface area contributed by atoms with Gasteiger partial charge in [-0.3, -0.25) is 0 Å². The molecule has 2 heteroatoms. The summed E-state index contributed by atoms with van der Waals surface area (Å²) in [5.74, 6) is 0. The summed E-state index contributed by atoms with van der Waals surface area (Å²) in [4.78, 5) is 0. The van der Waals surface area contributed by atoms with E-state index in [1.165, 1.54) is 5.57 Å². The molecule has 0 rings (SSSR count). The summed E-state index contributed by atoms with van der Waals surface area (Å²) in [6.45, 7) is 8.46. The first-order valence-electron chi connectivity index (χ1n) is 5.32. The van der Waals surface area contributed by atoms with Crippen LogP contribution in [0.4, 0.5) is 0 Å². The van der Waals surface area contributed by atoms with Crippen LogP contribution in [0, 0.1) is 0 Å². The number of hydrogen-bond donors (Lipinski definition) is 2. The van der Waals surface area contributed by atoms with E-state index >= 15 is 0 Å². The average Bonchev–Trinajstić information content (AvgIpc) is 2.18. The SMILES string of the molecule is CCC(N)=C(CC)C(N)(CC)CC. The molecule has 0 saturated heterocycles. The van der Waals surface area contributed by atoms with E-state index in [1.807, 2.05) is 0 Å². The van der Waals surface area contributed by atoms with Crippen molar-refractivity contribution in [3.63, 3.8) is 0 Å². The molecule has 0 fully saturated rings. The monoisotopic (exact) mass is 184 g/mol. The third kappa shape index (κ3) is 2.73. The lowest BCUT2D eigenvalue weighted by Crippen LogP contribution is -2.41. The minimum absolute atomic E-state index is 0.172. The summed E-state index contributed by atoms with van der Waals surface area (Å²) >= 11 is 0. The lowest BCUT2D eigenvalue weighted by atomic mass is 9.82. The fourth-order valence-electron chi connectivity index (χ4n) is 1.79. The van der Waals surface area contributed by atoms with Crippen molar-refractivity contribution in [3.05, 3.63) is 11.3 Å². The summed E-state index contributed by atoms with van der Waals surface area (Å²) in [7, 11) is 0. The van der Waals surface area contributed by atoms with Crippen molar-refractivity contribution in [3.8, 4) is 0 Å². The van der Waals surface area contributed by atoms with Gasteiger partial charge in [-0.15, -0.1) is 0 Å². The van der Waals surface area contributed by atoms with Gasteiger partial charge in [-0.25, -0.2) is 0 Å². The molecule has 0 unspecified atom stereocenters. The summed E-state index contributed by atoms with van der Waals surface area (Å²) in [5.41, 5.74) is 14.3. The van der Waals surface area contributed by atoms with Crippen molar-refractivity contribution in [2.24, 2.45) is 11.5 Å². The third-order valence-electron chi connectivity index (χ3n) is 2.98. The second-order valence-electron chi connectivity index (χ2n) is 3.57. The number of hydrogen-bond acceptors (Lipinski definition) is 2. The lowest BCUT2D eigenvalue weighted by Gasteiger charge is -2.31. The summed E-state index contributed by atoms with van der Waals surface area (Å²) in [5, 5.41) is 0. The quantitative estimate of drug-likeness (QED) is 0.690. The molecule has 0 aromatic carbocycles. The number of nitrogens with two attached hydrogens (primary N) is 2. The Labute approximate surface area is 82.4 Å². The second kappa shape index (κ2) is 5.28. The fourth-order valence-corrected chi connectivity index (χ4v) is 1.79. The van der Waals surface area contributed by atoms with E-state index in [1.54, 1.807) is 0 Å². The first-order valence-corrected chi connectivity index (χ1v) is 5.32.